The van der Waals surface area contributed by atoms with Gasteiger partial charge in [0.1, 0.15) is 18.2 Å². The number of aromatic nitrogens is 2. The smallest absolute Gasteiger partial charge is 0.258 e. The molecule has 0 fully saturated rings. The van der Waals surface area contributed by atoms with Crippen LogP contribution >= 0.6 is 15.9 Å². The maximum absolute atomic E-state index is 12.4. The zero-order chi connectivity index (χ0) is 17.6. The first-order valence-corrected chi connectivity index (χ1v) is 8.98. The first-order valence-electron chi connectivity index (χ1n) is 8.19. The van der Waals surface area contributed by atoms with Crippen LogP contribution in [0.3, 0.4) is 0 Å². The van der Waals surface area contributed by atoms with Crippen LogP contribution in [-0.2, 0) is 6.54 Å². The van der Waals surface area contributed by atoms with E-state index in [-0.39, 0.29) is 5.56 Å². The van der Waals surface area contributed by atoms with Gasteiger partial charge in [0.05, 0.1) is 29.7 Å². The monoisotopic (exact) mass is 399 g/mol. The minimum Gasteiger partial charge on any atom is -0.489 e. The van der Waals surface area contributed by atoms with Gasteiger partial charge in [0, 0.05) is 4.47 Å². The van der Waals surface area contributed by atoms with Crippen molar-refractivity contribution in [1.82, 2.24) is 9.97 Å². The summed E-state index contributed by atoms with van der Waals surface area (Å²) in [5.41, 5.74) is 3.97. The molecule has 0 amide bonds. The lowest BCUT2D eigenvalue weighted by Gasteiger charge is -2.32. The molecule has 1 aromatic heterocycles. The molecule has 1 N–H and O–H groups in total. The number of rotatable bonds is 2. The van der Waals surface area contributed by atoms with Crippen LogP contribution in [0, 0.1) is 13.8 Å². The summed E-state index contributed by atoms with van der Waals surface area (Å²) in [5, 5.41) is 0.590. The molecule has 25 heavy (non-hydrogen) atoms. The van der Waals surface area contributed by atoms with E-state index < -0.39 is 0 Å². The van der Waals surface area contributed by atoms with Gasteiger partial charge in [-0.25, -0.2) is 4.98 Å². The normalized spacial score (nSPS) is 13.6. The van der Waals surface area contributed by atoms with Gasteiger partial charge in [0.2, 0.25) is 0 Å². The van der Waals surface area contributed by atoms with Crippen LogP contribution in [0.15, 0.2) is 39.6 Å². The average Bonchev–Trinajstić information content (AvgIpc) is 2.56. The number of benzene rings is 2. The second-order valence-corrected chi connectivity index (χ2v) is 7.29. The summed E-state index contributed by atoms with van der Waals surface area (Å²) in [6, 6.07) is 9.80. The molecule has 1 aliphatic rings. The fourth-order valence-corrected chi connectivity index (χ4v) is 3.67. The number of nitrogens with zero attached hydrogens (tertiary/aromatic N) is 2. The molecule has 1 aliphatic heterocycles. The maximum Gasteiger partial charge on any atom is 0.258 e. The zero-order valence-corrected chi connectivity index (χ0v) is 15.7. The van der Waals surface area contributed by atoms with Crippen LogP contribution in [-0.4, -0.2) is 23.1 Å². The highest BCUT2D eigenvalue weighted by Gasteiger charge is 2.21. The molecule has 0 bridgehead atoms. The quantitative estimate of drug-likeness (QED) is 0.713. The molecule has 0 radical (unpaired) electrons. The highest BCUT2D eigenvalue weighted by Crippen LogP contribution is 2.36. The van der Waals surface area contributed by atoms with Gasteiger partial charge < -0.3 is 14.6 Å². The van der Waals surface area contributed by atoms with E-state index in [9.17, 15) is 4.79 Å². The average molecular weight is 400 g/mol. The molecular weight excluding hydrogens is 382 g/mol. The van der Waals surface area contributed by atoms with E-state index in [0.29, 0.717) is 29.9 Å². The van der Waals surface area contributed by atoms with Crippen molar-refractivity contribution >= 4 is 32.5 Å². The fraction of sp³-hybridized carbons (Fsp3) is 0.263. The number of fused-ring (bicyclic) bond motifs is 2. The molecule has 0 saturated heterocycles. The Bertz CT molecular complexity index is 1030. The fourth-order valence-electron chi connectivity index (χ4n) is 3.31. The number of ether oxygens (including phenoxy) is 1. The van der Waals surface area contributed by atoms with E-state index >= 15 is 0 Å². The van der Waals surface area contributed by atoms with Crippen LogP contribution < -0.4 is 15.2 Å². The van der Waals surface area contributed by atoms with Crippen molar-refractivity contribution in [2.45, 2.75) is 20.4 Å². The molecule has 0 saturated carbocycles. The Kier molecular flexibility index (Phi) is 4.00. The van der Waals surface area contributed by atoms with Crippen molar-refractivity contribution in [2.75, 3.05) is 18.1 Å². The van der Waals surface area contributed by atoms with Crippen LogP contribution in [0.1, 0.15) is 17.0 Å². The number of H-pyrrole nitrogens is 1. The molecule has 4 rings (SSSR count). The van der Waals surface area contributed by atoms with Crippen molar-refractivity contribution in [2.24, 2.45) is 0 Å². The van der Waals surface area contributed by atoms with E-state index in [0.717, 1.165) is 28.0 Å². The third-order valence-electron chi connectivity index (χ3n) is 4.40. The van der Waals surface area contributed by atoms with Gasteiger partial charge in [-0.15, -0.1) is 0 Å². The molecule has 128 valence electrons. The Morgan fingerprint density at radius 2 is 2.12 bits per heavy atom. The van der Waals surface area contributed by atoms with Crippen LogP contribution in [0.5, 0.6) is 5.75 Å². The molecule has 5 nitrogen and oxygen atoms in total. The lowest BCUT2D eigenvalue weighted by Crippen LogP contribution is -2.33. The molecule has 2 aromatic carbocycles. The van der Waals surface area contributed by atoms with E-state index in [2.05, 4.69) is 56.8 Å². The van der Waals surface area contributed by atoms with E-state index in [4.69, 9.17) is 4.74 Å². The third-order valence-corrected chi connectivity index (χ3v) is 4.90. The number of aryl methyl sites for hydroxylation is 2. The Balaban J connectivity index is 1.74. The van der Waals surface area contributed by atoms with Crippen LogP contribution in [0.4, 0.5) is 5.69 Å². The number of halogens is 1. The largest absolute Gasteiger partial charge is 0.489 e. The second kappa shape index (κ2) is 6.19. The van der Waals surface area contributed by atoms with Gasteiger partial charge in [0.25, 0.3) is 5.56 Å². The van der Waals surface area contributed by atoms with Gasteiger partial charge in [0.15, 0.2) is 0 Å². The molecule has 0 aliphatic carbocycles. The predicted octanol–water partition coefficient (Wildman–Crippen LogP) is 3.70. The minimum atomic E-state index is -0.116. The van der Waals surface area contributed by atoms with Gasteiger partial charge in [-0.3, -0.25) is 4.79 Å². The summed E-state index contributed by atoms with van der Waals surface area (Å²) in [7, 11) is 0. The zero-order valence-electron chi connectivity index (χ0n) is 14.1. The first-order chi connectivity index (χ1) is 12.0. The van der Waals surface area contributed by atoms with Gasteiger partial charge >= 0.3 is 0 Å². The van der Waals surface area contributed by atoms with Crippen LogP contribution in [0.2, 0.25) is 0 Å². The number of nitrogens with one attached hydrogen (secondary N) is 1. The van der Waals surface area contributed by atoms with Crippen molar-refractivity contribution in [3.8, 4) is 5.75 Å². The van der Waals surface area contributed by atoms with Crippen LogP contribution in [0.25, 0.3) is 10.9 Å². The lowest BCUT2D eigenvalue weighted by atomic mass is 10.1. The molecule has 0 spiro atoms. The summed E-state index contributed by atoms with van der Waals surface area (Å²) >= 11 is 3.39. The molecule has 6 heteroatoms. The summed E-state index contributed by atoms with van der Waals surface area (Å²) in [5.74, 6) is 1.58. The SMILES string of the molecule is Cc1cc(C)c2c(c1)N(Cc1nc3ccc(Br)cc3c(=O)[nH]1)CCO2. The highest BCUT2D eigenvalue weighted by molar-refractivity contribution is 9.10. The van der Waals surface area contributed by atoms with Crippen molar-refractivity contribution in [3.63, 3.8) is 0 Å². The number of hydrogen-bond donors (Lipinski definition) is 1. The summed E-state index contributed by atoms with van der Waals surface area (Å²) in [4.78, 5) is 22.1. The topological polar surface area (TPSA) is 58.2 Å². The molecular formula is C19H18BrN3O2. The van der Waals surface area contributed by atoms with Gasteiger partial charge in [-0.1, -0.05) is 22.0 Å². The predicted molar refractivity (Wildman–Crippen MR) is 103 cm³/mol. The molecule has 3 aromatic rings. The Hall–Kier alpha value is -2.34. The molecule has 0 unspecified atom stereocenters. The third kappa shape index (κ3) is 3.02. The maximum atomic E-state index is 12.4. The Morgan fingerprint density at radius 1 is 1.28 bits per heavy atom. The second-order valence-electron chi connectivity index (χ2n) is 6.37. The molecule has 2 heterocycles. The minimum absolute atomic E-state index is 0.116. The van der Waals surface area contributed by atoms with Crippen molar-refractivity contribution < 1.29 is 4.74 Å². The highest BCUT2D eigenvalue weighted by atomic mass is 79.9. The van der Waals surface area contributed by atoms with E-state index in [1.807, 2.05) is 12.1 Å². The standard InChI is InChI=1S/C19H18BrN3O2/c1-11-7-12(2)18-16(8-11)23(5-6-25-18)10-17-21-15-4-3-13(20)9-14(15)19(24)22-17/h3-4,7-9H,5-6,10H2,1-2H3,(H,21,22,24). The summed E-state index contributed by atoms with van der Waals surface area (Å²) in [6.45, 7) is 6.07. The van der Waals surface area contributed by atoms with Crippen molar-refractivity contribution in [1.29, 1.82) is 0 Å². The van der Waals surface area contributed by atoms with E-state index in [1.54, 1.807) is 6.07 Å². The van der Waals surface area contributed by atoms with Gasteiger partial charge in [-0.05, 0) is 49.2 Å². The van der Waals surface area contributed by atoms with E-state index in [1.165, 1.54) is 5.56 Å². The van der Waals surface area contributed by atoms with Crippen molar-refractivity contribution in [3.05, 3.63) is 62.1 Å². The summed E-state index contributed by atoms with van der Waals surface area (Å²) < 4.78 is 6.71. The summed E-state index contributed by atoms with van der Waals surface area (Å²) in [6.07, 6.45) is 0. The number of hydrogen-bond acceptors (Lipinski definition) is 4. The number of aromatic amines is 1. The first kappa shape index (κ1) is 16.1. The van der Waals surface area contributed by atoms with Gasteiger partial charge in [-0.2, -0.15) is 0 Å². The number of anilines is 1. The lowest BCUT2D eigenvalue weighted by molar-refractivity contribution is 0.304. The Morgan fingerprint density at radius 3 is 2.96 bits per heavy atom. The Labute approximate surface area is 153 Å². The molecule has 0 atom stereocenters.